The maximum absolute atomic E-state index is 4.29. The molecule has 0 aliphatic heterocycles. The summed E-state index contributed by atoms with van der Waals surface area (Å²) >= 11 is 0. The van der Waals surface area contributed by atoms with Gasteiger partial charge in [0.1, 0.15) is 0 Å². The van der Waals surface area contributed by atoms with Crippen LogP contribution in [0.1, 0.15) is 24.2 Å². The Morgan fingerprint density at radius 3 is 2.92 bits per heavy atom. The van der Waals surface area contributed by atoms with E-state index >= 15 is 0 Å². The highest BCUT2D eigenvalue weighted by Gasteiger charge is 2.09. The molecule has 0 aliphatic rings. The first-order chi connectivity index (χ1) is 6.15. The molecule has 0 saturated carbocycles. The van der Waals surface area contributed by atoms with E-state index in [1.54, 1.807) is 0 Å². The molecule has 0 bridgehead atoms. The molecule has 1 atom stereocenters. The smallest absolute Gasteiger partial charge is 0.0641 e. The normalized spacial score (nSPS) is 12.8. The van der Waals surface area contributed by atoms with Crippen molar-refractivity contribution in [3.8, 4) is 0 Å². The lowest BCUT2D eigenvalue weighted by Crippen LogP contribution is -2.18. The van der Waals surface area contributed by atoms with Crippen LogP contribution in [0, 0.1) is 6.92 Å². The quantitative estimate of drug-likeness (QED) is 0.711. The van der Waals surface area contributed by atoms with Crippen molar-refractivity contribution in [3.05, 3.63) is 30.1 Å². The van der Waals surface area contributed by atoms with Gasteiger partial charge >= 0.3 is 0 Å². The van der Waals surface area contributed by atoms with Crippen molar-refractivity contribution in [1.29, 1.82) is 0 Å². The number of hydrogen-bond donors (Lipinski definition) is 1. The summed E-state index contributed by atoms with van der Waals surface area (Å²) < 4.78 is 1.84. The number of nitrogens with zero attached hydrogens (tertiary/aromatic N) is 2. The van der Waals surface area contributed by atoms with Gasteiger partial charge in [0.05, 0.1) is 5.69 Å². The Morgan fingerprint density at radius 1 is 1.77 bits per heavy atom. The van der Waals surface area contributed by atoms with Gasteiger partial charge in [-0.2, -0.15) is 5.10 Å². The third-order valence-electron chi connectivity index (χ3n) is 2.09. The first-order valence-electron chi connectivity index (χ1n) is 4.49. The molecule has 0 amide bonds. The van der Waals surface area contributed by atoms with Crippen molar-refractivity contribution in [1.82, 2.24) is 15.1 Å². The molecule has 1 unspecified atom stereocenters. The van der Waals surface area contributed by atoms with Crippen LogP contribution in [0.2, 0.25) is 0 Å². The summed E-state index contributed by atoms with van der Waals surface area (Å²) in [4.78, 5) is 0. The molecule has 0 radical (unpaired) electrons. The lowest BCUT2D eigenvalue weighted by atomic mass is 10.1. The van der Waals surface area contributed by atoms with Gasteiger partial charge < -0.3 is 5.32 Å². The van der Waals surface area contributed by atoms with Gasteiger partial charge in [-0.1, -0.05) is 6.08 Å². The molecule has 1 aromatic heterocycles. The number of rotatable bonds is 4. The van der Waals surface area contributed by atoms with E-state index in [2.05, 4.69) is 30.1 Å². The van der Waals surface area contributed by atoms with Crippen LogP contribution in [-0.2, 0) is 7.05 Å². The van der Waals surface area contributed by atoms with Crippen molar-refractivity contribution in [2.24, 2.45) is 7.05 Å². The first kappa shape index (κ1) is 9.99. The van der Waals surface area contributed by atoms with Crippen LogP contribution in [0.3, 0.4) is 0 Å². The van der Waals surface area contributed by atoms with Crippen LogP contribution in [0.5, 0.6) is 0 Å². The SMILES string of the molecule is C=CCNC(C)c1cn(C)nc1C. The maximum Gasteiger partial charge on any atom is 0.0641 e. The van der Waals surface area contributed by atoms with E-state index in [1.807, 2.05) is 24.7 Å². The summed E-state index contributed by atoms with van der Waals surface area (Å²) in [5.74, 6) is 0. The van der Waals surface area contributed by atoms with E-state index in [-0.39, 0.29) is 0 Å². The molecule has 1 N–H and O–H groups in total. The summed E-state index contributed by atoms with van der Waals surface area (Å²) in [5.41, 5.74) is 2.34. The Morgan fingerprint density at radius 2 is 2.46 bits per heavy atom. The zero-order chi connectivity index (χ0) is 9.84. The molecule has 1 heterocycles. The largest absolute Gasteiger partial charge is 0.307 e. The van der Waals surface area contributed by atoms with E-state index in [4.69, 9.17) is 0 Å². The predicted octanol–water partition coefficient (Wildman–Crippen LogP) is 1.57. The van der Waals surface area contributed by atoms with Crippen LogP contribution in [-0.4, -0.2) is 16.3 Å². The van der Waals surface area contributed by atoms with Crippen molar-refractivity contribution in [3.63, 3.8) is 0 Å². The van der Waals surface area contributed by atoms with Crippen LogP contribution in [0.15, 0.2) is 18.9 Å². The second-order valence-electron chi connectivity index (χ2n) is 3.26. The molecule has 0 aliphatic carbocycles. The highest BCUT2D eigenvalue weighted by atomic mass is 15.3. The van der Waals surface area contributed by atoms with Gasteiger partial charge in [-0.15, -0.1) is 6.58 Å². The molecule has 1 aromatic rings. The van der Waals surface area contributed by atoms with E-state index in [9.17, 15) is 0 Å². The third-order valence-corrected chi connectivity index (χ3v) is 2.09. The Labute approximate surface area is 79.5 Å². The van der Waals surface area contributed by atoms with Crippen molar-refractivity contribution in [2.75, 3.05) is 6.54 Å². The van der Waals surface area contributed by atoms with Crippen molar-refractivity contribution in [2.45, 2.75) is 19.9 Å². The molecular weight excluding hydrogens is 162 g/mol. The molecule has 0 aromatic carbocycles. The molecular formula is C10H17N3. The predicted molar refractivity (Wildman–Crippen MR) is 54.6 cm³/mol. The first-order valence-corrected chi connectivity index (χ1v) is 4.49. The fourth-order valence-corrected chi connectivity index (χ4v) is 1.41. The van der Waals surface area contributed by atoms with E-state index < -0.39 is 0 Å². The van der Waals surface area contributed by atoms with Crippen LogP contribution in [0.25, 0.3) is 0 Å². The Balaban J connectivity index is 2.69. The summed E-state index contributed by atoms with van der Waals surface area (Å²) in [6.45, 7) is 8.66. The highest BCUT2D eigenvalue weighted by molar-refractivity contribution is 5.19. The highest BCUT2D eigenvalue weighted by Crippen LogP contribution is 2.14. The van der Waals surface area contributed by atoms with Gasteiger partial charge in [-0.3, -0.25) is 4.68 Å². The molecule has 1 rings (SSSR count). The number of hydrogen-bond acceptors (Lipinski definition) is 2. The minimum Gasteiger partial charge on any atom is -0.307 e. The van der Waals surface area contributed by atoms with Crippen molar-refractivity contribution >= 4 is 0 Å². The van der Waals surface area contributed by atoms with Crippen LogP contribution < -0.4 is 5.32 Å². The number of nitrogens with one attached hydrogen (secondary N) is 1. The minimum atomic E-state index is 0.340. The maximum atomic E-state index is 4.29. The molecule has 13 heavy (non-hydrogen) atoms. The summed E-state index contributed by atoms with van der Waals surface area (Å²) in [6.07, 6.45) is 3.91. The zero-order valence-corrected chi connectivity index (χ0v) is 8.54. The Bertz CT molecular complexity index is 288. The fraction of sp³-hybridized carbons (Fsp3) is 0.500. The Hall–Kier alpha value is -1.09. The topological polar surface area (TPSA) is 29.9 Å². The minimum absolute atomic E-state index is 0.340. The van der Waals surface area contributed by atoms with E-state index in [0.717, 1.165) is 12.2 Å². The standard InChI is InChI=1S/C10H17N3/c1-5-6-11-8(2)10-7-13(4)12-9(10)3/h5,7-8,11H,1,6H2,2-4H3. The van der Waals surface area contributed by atoms with Crippen molar-refractivity contribution < 1.29 is 0 Å². The molecule has 0 spiro atoms. The van der Waals surface area contributed by atoms with E-state index in [1.165, 1.54) is 5.56 Å². The van der Waals surface area contributed by atoms with E-state index in [0.29, 0.717) is 6.04 Å². The van der Waals surface area contributed by atoms with Crippen LogP contribution in [0.4, 0.5) is 0 Å². The van der Waals surface area contributed by atoms with Gasteiger partial charge in [-0.05, 0) is 13.8 Å². The molecule has 3 nitrogen and oxygen atoms in total. The second kappa shape index (κ2) is 4.23. The molecule has 3 heteroatoms. The zero-order valence-electron chi connectivity index (χ0n) is 8.54. The number of aromatic nitrogens is 2. The summed E-state index contributed by atoms with van der Waals surface area (Å²) in [6, 6.07) is 0.340. The van der Waals surface area contributed by atoms with Crippen LogP contribution >= 0.6 is 0 Å². The summed E-state index contributed by atoms with van der Waals surface area (Å²) in [7, 11) is 1.94. The lowest BCUT2D eigenvalue weighted by molar-refractivity contribution is 0.614. The molecule has 72 valence electrons. The van der Waals surface area contributed by atoms with Gasteiger partial charge in [0, 0.05) is 31.4 Å². The van der Waals surface area contributed by atoms with Gasteiger partial charge in [0.2, 0.25) is 0 Å². The second-order valence-corrected chi connectivity index (χ2v) is 3.26. The van der Waals surface area contributed by atoms with Gasteiger partial charge in [0.15, 0.2) is 0 Å². The monoisotopic (exact) mass is 179 g/mol. The molecule has 0 fully saturated rings. The Kier molecular flexibility index (Phi) is 3.25. The van der Waals surface area contributed by atoms with Gasteiger partial charge in [-0.25, -0.2) is 0 Å². The summed E-state index contributed by atoms with van der Waals surface area (Å²) in [5, 5.41) is 7.62. The van der Waals surface area contributed by atoms with Gasteiger partial charge in [0.25, 0.3) is 0 Å². The lowest BCUT2D eigenvalue weighted by Gasteiger charge is -2.10. The average Bonchev–Trinajstić information content (AvgIpc) is 2.41. The molecule has 0 saturated heterocycles. The third kappa shape index (κ3) is 2.42. The average molecular weight is 179 g/mol. The fourth-order valence-electron chi connectivity index (χ4n) is 1.41. The number of aryl methyl sites for hydroxylation is 2.